The van der Waals surface area contributed by atoms with E-state index < -0.39 is 8.32 Å². The van der Waals surface area contributed by atoms with E-state index in [0.29, 0.717) is 6.61 Å². The summed E-state index contributed by atoms with van der Waals surface area (Å²) < 4.78 is 7.06. The first-order chi connectivity index (χ1) is 19.1. The van der Waals surface area contributed by atoms with Gasteiger partial charge in [-0.3, -0.25) is 9.63 Å². The Bertz CT molecular complexity index is 807. The number of carbonyl (C=O) groups is 1. The predicted octanol–water partition coefficient (Wildman–Crippen LogP) is 10.6. The summed E-state index contributed by atoms with van der Waals surface area (Å²) in [5.74, 6) is 0.243. The number of hydrogen-bond acceptors (Lipinski definition) is 3. The van der Waals surface area contributed by atoms with Crippen molar-refractivity contribution in [2.24, 2.45) is 5.92 Å². The average molecular weight is 574 g/mol. The number of benzene rings is 1. The summed E-state index contributed by atoms with van der Waals surface area (Å²) in [6.07, 6.45) is 20.0. The van der Waals surface area contributed by atoms with Gasteiger partial charge in [0.25, 0.3) is 5.91 Å². The Morgan fingerprint density at radius 3 is 1.95 bits per heavy atom. The number of amides is 1. The molecule has 1 aromatic rings. The molecule has 4 nitrogen and oxygen atoms in total. The van der Waals surface area contributed by atoms with Gasteiger partial charge in [0, 0.05) is 6.10 Å². The summed E-state index contributed by atoms with van der Waals surface area (Å²) in [5, 5.41) is 1.89. The Hall–Kier alpha value is -1.17. The highest BCUT2D eigenvalue weighted by Crippen LogP contribution is 2.41. The number of β-lactam (4-membered cyclic amide) rings is 1. The van der Waals surface area contributed by atoms with Gasteiger partial charge in [-0.15, -0.1) is 0 Å². The maximum Gasteiger partial charge on any atom is 0.251 e. The number of carbonyl (C=O) groups excluding carboxylic acids is 1. The van der Waals surface area contributed by atoms with E-state index in [2.05, 4.69) is 59.8 Å². The highest BCUT2D eigenvalue weighted by atomic mass is 28.4. The summed E-state index contributed by atoms with van der Waals surface area (Å²) in [6.45, 7) is 16.7. The Morgan fingerprint density at radius 1 is 0.825 bits per heavy atom. The zero-order chi connectivity index (χ0) is 29.4. The molecule has 40 heavy (non-hydrogen) atoms. The summed E-state index contributed by atoms with van der Waals surface area (Å²) >= 11 is 0. The van der Waals surface area contributed by atoms with Gasteiger partial charge in [-0.2, -0.15) is 0 Å². The van der Waals surface area contributed by atoms with Crippen LogP contribution in [0.3, 0.4) is 0 Å². The minimum absolute atomic E-state index is 0.0706. The van der Waals surface area contributed by atoms with Gasteiger partial charge in [-0.1, -0.05) is 148 Å². The van der Waals surface area contributed by atoms with Gasteiger partial charge in [-0.25, -0.2) is 5.06 Å². The lowest BCUT2D eigenvalue weighted by molar-refractivity contribution is -0.253. The molecule has 1 aliphatic heterocycles. The molecule has 230 valence electrons. The second-order valence-corrected chi connectivity index (χ2v) is 18.6. The molecule has 0 saturated carbocycles. The van der Waals surface area contributed by atoms with Crippen molar-refractivity contribution in [3.63, 3.8) is 0 Å². The van der Waals surface area contributed by atoms with Crippen molar-refractivity contribution < 1.29 is 14.1 Å². The maximum absolute atomic E-state index is 13.3. The Labute approximate surface area is 249 Å². The van der Waals surface area contributed by atoms with Crippen molar-refractivity contribution in [3.8, 4) is 0 Å². The van der Waals surface area contributed by atoms with Gasteiger partial charge in [0.1, 0.15) is 6.61 Å². The van der Waals surface area contributed by atoms with Crippen molar-refractivity contribution in [2.75, 3.05) is 0 Å². The van der Waals surface area contributed by atoms with E-state index in [9.17, 15) is 4.79 Å². The second-order valence-electron chi connectivity index (χ2n) is 13.8. The fraction of sp³-hybridized carbons (Fsp3) is 0.800. The van der Waals surface area contributed by atoms with Gasteiger partial charge in [-0.05, 0) is 43.0 Å². The minimum atomic E-state index is -1.93. The van der Waals surface area contributed by atoms with Crippen LogP contribution in [-0.2, 0) is 20.7 Å². The molecular formula is C35H63NO3Si. The van der Waals surface area contributed by atoms with Crippen LogP contribution in [0.15, 0.2) is 30.3 Å². The van der Waals surface area contributed by atoms with Crippen molar-refractivity contribution in [3.05, 3.63) is 35.9 Å². The van der Waals surface area contributed by atoms with Crippen LogP contribution in [0.4, 0.5) is 0 Å². The summed E-state index contributed by atoms with van der Waals surface area (Å²) in [7, 11) is -1.93. The lowest BCUT2D eigenvalue weighted by Gasteiger charge is -2.48. The summed E-state index contributed by atoms with van der Waals surface area (Å²) in [4.78, 5) is 19.5. The van der Waals surface area contributed by atoms with E-state index in [1.54, 1.807) is 5.06 Å². The van der Waals surface area contributed by atoms with Crippen LogP contribution in [0, 0.1) is 5.92 Å². The molecule has 5 heteroatoms. The first-order valence-corrected chi connectivity index (χ1v) is 19.7. The SMILES string of the molecule is CCCCCCCCCCC[C@@H](C[C@H]1[C@H](CCCCCC)C(=O)N1OCc1ccccc1)O[Si](C)(C)C(C)(C)C. The molecule has 1 saturated heterocycles. The summed E-state index contributed by atoms with van der Waals surface area (Å²) in [5.41, 5.74) is 1.10. The van der Waals surface area contributed by atoms with Crippen LogP contribution in [0.2, 0.25) is 18.1 Å². The number of rotatable bonds is 22. The molecule has 0 aliphatic carbocycles. The Kier molecular flexibility index (Phi) is 16.1. The molecule has 2 rings (SSSR count). The van der Waals surface area contributed by atoms with Crippen LogP contribution in [0.5, 0.6) is 0 Å². The molecule has 0 aromatic heterocycles. The molecule has 1 aliphatic rings. The quantitative estimate of drug-likeness (QED) is 0.0786. The minimum Gasteiger partial charge on any atom is -0.414 e. The van der Waals surface area contributed by atoms with Crippen molar-refractivity contribution in [1.82, 2.24) is 5.06 Å². The molecule has 0 unspecified atom stereocenters. The highest BCUT2D eigenvalue weighted by molar-refractivity contribution is 6.74. The standard InChI is InChI=1S/C35H63NO3Si/c1-8-10-12-14-15-16-17-18-22-26-31(39-40(6,7)35(3,4)5)28-33-32(27-23-13-11-9-2)34(37)36(33)38-29-30-24-20-19-21-25-30/h19-21,24-25,31-33H,8-18,22-23,26-29H2,1-7H3/t31-,32-,33-/m0/s1. The van der Waals surface area contributed by atoms with E-state index in [1.165, 1.54) is 77.0 Å². The third kappa shape index (κ3) is 12.0. The molecule has 0 radical (unpaired) electrons. The predicted molar refractivity (Wildman–Crippen MR) is 173 cm³/mol. The van der Waals surface area contributed by atoms with E-state index in [-0.39, 0.29) is 29.0 Å². The first-order valence-electron chi connectivity index (χ1n) is 16.8. The van der Waals surface area contributed by atoms with Gasteiger partial charge < -0.3 is 4.43 Å². The third-order valence-electron chi connectivity index (χ3n) is 9.28. The Morgan fingerprint density at radius 2 is 1.38 bits per heavy atom. The highest BCUT2D eigenvalue weighted by Gasteiger charge is 2.49. The zero-order valence-electron chi connectivity index (χ0n) is 27.3. The molecule has 1 aromatic carbocycles. The molecule has 3 atom stereocenters. The van der Waals surface area contributed by atoms with Crippen LogP contribution in [-0.4, -0.2) is 31.4 Å². The lowest BCUT2D eigenvalue weighted by atomic mass is 9.81. The molecular weight excluding hydrogens is 510 g/mol. The maximum atomic E-state index is 13.3. The van der Waals surface area contributed by atoms with Crippen LogP contribution in [0.1, 0.15) is 143 Å². The second kappa shape index (κ2) is 18.4. The number of unbranched alkanes of at least 4 members (excludes halogenated alkanes) is 11. The lowest BCUT2D eigenvalue weighted by Crippen LogP contribution is -2.61. The molecule has 1 heterocycles. The average Bonchev–Trinajstić information content (AvgIpc) is 2.91. The fourth-order valence-electron chi connectivity index (χ4n) is 5.59. The largest absolute Gasteiger partial charge is 0.414 e. The third-order valence-corrected chi connectivity index (χ3v) is 13.8. The van der Waals surface area contributed by atoms with Crippen molar-refractivity contribution in [1.29, 1.82) is 0 Å². The van der Waals surface area contributed by atoms with E-state index in [4.69, 9.17) is 9.26 Å². The Balaban J connectivity index is 2.03. The van der Waals surface area contributed by atoms with E-state index in [0.717, 1.165) is 31.2 Å². The number of hydroxylamine groups is 2. The van der Waals surface area contributed by atoms with Gasteiger partial charge in [0.2, 0.25) is 0 Å². The smallest absolute Gasteiger partial charge is 0.251 e. The normalized spacial score (nSPS) is 18.7. The molecule has 0 bridgehead atoms. The molecule has 1 fully saturated rings. The van der Waals surface area contributed by atoms with E-state index in [1.807, 2.05) is 18.2 Å². The number of hydrogen-bond donors (Lipinski definition) is 0. The number of nitrogens with zero attached hydrogens (tertiary/aromatic N) is 1. The summed E-state index contributed by atoms with van der Waals surface area (Å²) in [6, 6.07) is 10.3. The van der Waals surface area contributed by atoms with Crippen molar-refractivity contribution >= 4 is 14.2 Å². The first kappa shape index (κ1) is 35.0. The topological polar surface area (TPSA) is 38.8 Å². The molecule has 0 N–H and O–H groups in total. The molecule has 1 amide bonds. The van der Waals surface area contributed by atoms with E-state index >= 15 is 0 Å². The van der Waals surface area contributed by atoms with Crippen LogP contribution in [0.25, 0.3) is 0 Å². The molecule has 0 spiro atoms. The van der Waals surface area contributed by atoms with Crippen LogP contribution < -0.4 is 0 Å². The van der Waals surface area contributed by atoms with Gasteiger partial charge in [0.05, 0.1) is 12.0 Å². The zero-order valence-corrected chi connectivity index (χ0v) is 28.3. The van der Waals surface area contributed by atoms with Gasteiger partial charge >= 0.3 is 0 Å². The fourth-order valence-corrected chi connectivity index (χ4v) is 6.99. The van der Waals surface area contributed by atoms with Crippen molar-refractivity contribution in [2.45, 2.75) is 174 Å². The van der Waals surface area contributed by atoms with Gasteiger partial charge in [0.15, 0.2) is 8.32 Å². The monoisotopic (exact) mass is 573 g/mol. The van der Waals surface area contributed by atoms with Crippen LogP contribution >= 0.6 is 0 Å².